The number of nitrogens with zero attached hydrogens (tertiary/aromatic N) is 5. The van der Waals surface area contributed by atoms with Gasteiger partial charge in [-0.15, -0.1) is 4.73 Å². The Kier molecular flexibility index (Phi) is 10.2. The summed E-state index contributed by atoms with van der Waals surface area (Å²) in [5, 5.41) is -0.0927. The molecule has 1 aliphatic rings. The lowest BCUT2D eigenvalue weighted by Crippen LogP contribution is -2.46. The summed E-state index contributed by atoms with van der Waals surface area (Å²) in [6.07, 6.45) is 2.79. The van der Waals surface area contributed by atoms with Gasteiger partial charge in [-0.1, -0.05) is 32.9 Å². The summed E-state index contributed by atoms with van der Waals surface area (Å²) < 4.78 is 36.9. The first-order chi connectivity index (χ1) is 20.3. The normalized spacial score (nSPS) is 14.9. The van der Waals surface area contributed by atoms with E-state index < -0.39 is 34.0 Å². The molecule has 0 saturated carbocycles. The van der Waals surface area contributed by atoms with Crippen LogP contribution in [0.4, 0.5) is 5.82 Å². The first-order valence-corrected chi connectivity index (χ1v) is 18.9. The number of carbonyl (C=O) groups is 2. The Bertz CT molecular complexity index is 1460. The Morgan fingerprint density at radius 2 is 1.60 bits per heavy atom. The summed E-state index contributed by atoms with van der Waals surface area (Å²) in [6, 6.07) is 6.62. The predicted octanol–water partition coefficient (Wildman–Crippen LogP) is 5.42. The van der Waals surface area contributed by atoms with Crippen LogP contribution in [-0.4, -0.2) is 72.3 Å². The minimum Gasteiger partial charge on any atom is -0.382 e. The van der Waals surface area contributed by atoms with Gasteiger partial charge in [0.2, 0.25) is 11.9 Å². The molecule has 15 heteroatoms. The molecule has 1 aliphatic heterocycles. The molecule has 0 fully saturated rings. The highest BCUT2D eigenvalue weighted by Gasteiger charge is 2.41. The number of ether oxygens (including phenoxy) is 1. The van der Waals surface area contributed by atoms with Crippen LogP contribution in [0.2, 0.25) is 18.1 Å². The van der Waals surface area contributed by atoms with Gasteiger partial charge in [0.25, 0.3) is 11.8 Å². The second-order valence-corrected chi connectivity index (χ2v) is 18.2. The van der Waals surface area contributed by atoms with Gasteiger partial charge in [-0.2, -0.15) is 0 Å². The molecule has 3 heterocycles. The van der Waals surface area contributed by atoms with E-state index in [1.807, 2.05) is 0 Å². The van der Waals surface area contributed by atoms with E-state index in [2.05, 4.69) is 48.8 Å². The second-order valence-electron chi connectivity index (χ2n) is 11.5. The molecule has 0 radical (unpaired) electrons. The molecule has 3 aromatic rings. The van der Waals surface area contributed by atoms with E-state index in [4.69, 9.17) is 23.0 Å². The number of imidazole rings is 1. The van der Waals surface area contributed by atoms with Crippen molar-refractivity contribution in [3.05, 3.63) is 48.0 Å². The molecular weight excluding hydrogens is 593 g/mol. The molecule has 43 heavy (non-hydrogen) atoms. The third-order valence-corrected chi connectivity index (χ3v) is 13.6. The average Bonchev–Trinajstić information content (AvgIpc) is 3.46. The van der Waals surface area contributed by atoms with E-state index in [1.165, 1.54) is 17.4 Å². The number of amides is 2. The van der Waals surface area contributed by atoms with E-state index in [0.717, 1.165) is 4.90 Å². The van der Waals surface area contributed by atoms with Crippen LogP contribution in [0.5, 0.6) is 0 Å². The lowest BCUT2D eigenvalue weighted by atomic mass is 10.1. The third kappa shape index (κ3) is 7.22. The van der Waals surface area contributed by atoms with Gasteiger partial charge in [0, 0.05) is 13.0 Å². The Hall–Kier alpha value is -3.00. The number of hydrogen-bond acceptors (Lipinski definition) is 11. The van der Waals surface area contributed by atoms with Crippen LogP contribution in [-0.2, 0) is 22.8 Å². The van der Waals surface area contributed by atoms with Crippen molar-refractivity contribution in [3.8, 4) is 0 Å². The van der Waals surface area contributed by atoms with E-state index in [0.29, 0.717) is 24.0 Å². The fourth-order valence-electron chi connectivity index (χ4n) is 4.22. The van der Waals surface area contributed by atoms with Gasteiger partial charge in [0.15, 0.2) is 19.7 Å². The van der Waals surface area contributed by atoms with Crippen LogP contribution in [0.3, 0.4) is 0 Å². The molecule has 0 aliphatic carbocycles. The summed E-state index contributed by atoms with van der Waals surface area (Å²) in [6.45, 7) is 14.9. The minimum atomic E-state index is -3.31. The molecule has 2 aromatic heterocycles. The van der Waals surface area contributed by atoms with E-state index in [9.17, 15) is 14.2 Å². The zero-order valence-electron chi connectivity index (χ0n) is 25.7. The summed E-state index contributed by atoms with van der Waals surface area (Å²) in [4.78, 5) is 46.5. The number of anilines is 1. The van der Waals surface area contributed by atoms with Crippen LogP contribution >= 0.6 is 7.60 Å². The Labute approximate surface area is 252 Å². The highest BCUT2D eigenvalue weighted by atomic mass is 31.2. The molecule has 1 atom stereocenters. The van der Waals surface area contributed by atoms with Gasteiger partial charge in [-0.05, 0) is 50.5 Å². The fraction of sp³-hybridized carbons (Fsp3) is 0.536. The number of hydrogen-bond donors (Lipinski definition) is 0. The fourth-order valence-corrected chi connectivity index (χ4v) is 6.76. The van der Waals surface area contributed by atoms with Gasteiger partial charge in [-0.25, -0.2) is 19.9 Å². The Morgan fingerprint density at radius 3 is 2.19 bits per heavy atom. The second kappa shape index (κ2) is 13.3. The van der Waals surface area contributed by atoms with E-state index in [1.54, 1.807) is 38.1 Å². The van der Waals surface area contributed by atoms with Crippen molar-refractivity contribution in [3.63, 3.8) is 0 Å². The molecule has 0 bridgehead atoms. The van der Waals surface area contributed by atoms with Gasteiger partial charge in [-0.3, -0.25) is 14.2 Å². The van der Waals surface area contributed by atoms with Crippen molar-refractivity contribution in [2.75, 3.05) is 31.1 Å². The molecule has 234 valence electrons. The monoisotopic (exact) mass is 633 g/mol. The molecule has 1 aromatic carbocycles. The van der Waals surface area contributed by atoms with Gasteiger partial charge < -0.3 is 23.0 Å². The van der Waals surface area contributed by atoms with Crippen LogP contribution in [0.15, 0.2) is 36.9 Å². The van der Waals surface area contributed by atoms with Crippen LogP contribution in [0.25, 0.3) is 11.2 Å². The van der Waals surface area contributed by atoms with Crippen molar-refractivity contribution in [1.29, 1.82) is 0 Å². The first kappa shape index (κ1) is 32.9. The van der Waals surface area contributed by atoms with Crippen LogP contribution in [0.1, 0.15) is 68.2 Å². The third-order valence-electron chi connectivity index (χ3n) is 7.38. The Balaban J connectivity index is 1.52. The largest absolute Gasteiger partial charge is 0.382 e. The maximum atomic E-state index is 13.1. The number of imide groups is 1. The molecule has 1 unspecified atom stereocenters. The first-order valence-electron chi connectivity index (χ1n) is 14.3. The molecule has 0 saturated heterocycles. The molecule has 0 N–H and O–H groups in total. The maximum Gasteiger partial charge on any atom is 0.356 e. The zero-order chi connectivity index (χ0) is 31.4. The zero-order valence-corrected chi connectivity index (χ0v) is 27.6. The number of rotatable bonds is 15. The summed E-state index contributed by atoms with van der Waals surface area (Å²) in [7, 11) is -5.60. The van der Waals surface area contributed by atoms with Crippen molar-refractivity contribution in [1.82, 2.24) is 19.7 Å². The maximum absolute atomic E-state index is 13.1. The quantitative estimate of drug-likeness (QED) is 0.0695. The minimum absolute atomic E-state index is 0.0711. The molecule has 2 amide bonds. The van der Waals surface area contributed by atoms with Crippen molar-refractivity contribution < 1.29 is 37.2 Å². The van der Waals surface area contributed by atoms with Gasteiger partial charge >= 0.3 is 7.60 Å². The average molecular weight is 634 g/mol. The van der Waals surface area contributed by atoms with Crippen molar-refractivity contribution in [2.45, 2.75) is 71.9 Å². The standard InChI is InChI=1S/C28H40N5O8PSi/c1-8-38-42(36,39-9-2)19-37-16-12-15-22(41-43(6,7)28(3,4)5)40-32-18-31-23-24(32)29-17-30-25(23)33-26(34)20-13-10-11-14-21(20)27(33)35/h10-11,13-14,17-18,22H,8-9,12,15-16,19H2,1-7H3. The predicted molar refractivity (Wildman–Crippen MR) is 162 cm³/mol. The molecule has 4 rings (SSSR count). The number of benzene rings is 1. The summed E-state index contributed by atoms with van der Waals surface area (Å²) in [5.41, 5.74) is 1.11. The van der Waals surface area contributed by atoms with Gasteiger partial charge in [0.05, 0.1) is 24.3 Å². The Morgan fingerprint density at radius 1 is 0.977 bits per heavy atom. The van der Waals surface area contributed by atoms with E-state index in [-0.39, 0.29) is 48.2 Å². The lowest BCUT2D eigenvalue weighted by molar-refractivity contribution is -0.0975. The van der Waals surface area contributed by atoms with E-state index >= 15 is 0 Å². The number of carbonyl (C=O) groups excluding carboxylic acids is 2. The van der Waals surface area contributed by atoms with Crippen LogP contribution < -0.4 is 9.74 Å². The van der Waals surface area contributed by atoms with Gasteiger partial charge in [0.1, 0.15) is 19.0 Å². The number of aromatic nitrogens is 4. The van der Waals surface area contributed by atoms with Crippen molar-refractivity contribution >= 4 is 44.7 Å². The molecular formula is C28H40N5O8PSi. The molecule has 13 nitrogen and oxygen atoms in total. The summed E-state index contributed by atoms with van der Waals surface area (Å²) in [5.74, 6) is -0.885. The summed E-state index contributed by atoms with van der Waals surface area (Å²) >= 11 is 0. The highest BCUT2D eigenvalue weighted by molar-refractivity contribution is 7.53. The SMILES string of the molecule is CCOP(=O)(COCCCC(On1cnc2c(N3C(=O)c4ccccc4C3=O)ncnc21)O[Si](C)(C)C(C)(C)C)OCC. The highest BCUT2D eigenvalue weighted by Crippen LogP contribution is 2.47. The van der Waals surface area contributed by atoms with Crippen LogP contribution in [0, 0.1) is 0 Å². The number of fused-ring (bicyclic) bond motifs is 2. The molecule has 0 spiro atoms. The van der Waals surface area contributed by atoms with Crippen molar-refractivity contribution in [2.24, 2.45) is 0 Å². The topological polar surface area (TPSA) is 144 Å². The lowest BCUT2D eigenvalue weighted by Gasteiger charge is -2.38. The smallest absolute Gasteiger partial charge is 0.356 e.